The van der Waals surface area contributed by atoms with Crippen molar-refractivity contribution in [3.8, 4) is 5.75 Å². The molecule has 6 heteroatoms. The number of anilines is 2. The van der Waals surface area contributed by atoms with Crippen molar-refractivity contribution in [2.24, 2.45) is 0 Å². The van der Waals surface area contributed by atoms with Gasteiger partial charge in [-0.25, -0.2) is 0 Å². The number of nitrogens with one attached hydrogen (secondary N) is 1. The first-order valence-corrected chi connectivity index (χ1v) is 9.03. The number of carbonyl (C=O) groups excluding carboxylic acids is 1. The topological polar surface area (TPSA) is 50.8 Å². The van der Waals surface area contributed by atoms with Crippen molar-refractivity contribution >= 4 is 28.9 Å². The van der Waals surface area contributed by atoms with Crippen molar-refractivity contribution in [2.75, 3.05) is 43.1 Å². The van der Waals surface area contributed by atoms with E-state index >= 15 is 0 Å². The monoisotopic (exact) mass is 374 g/mol. The van der Waals surface area contributed by atoms with Crippen LogP contribution in [0.3, 0.4) is 0 Å². The third-order valence-electron chi connectivity index (χ3n) is 4.34. The molecule has 0 unspecified atom stereocenters. The zero-order valence-electron chi connectivity index (χ0n) is 15.0. The fraction of sp³-hybridized carbons (Fsp3) is 0.350. The van der Waals surface area contributed by atoms with Crippen molar-refractivity contribution in [1.29, 1.82) is 0 Å². The predicted octanol–water partition coefficient (Wildman–Crippen LogP) is 3.81. The van der Waals surface area contributed by atoms with Crippen LogP contribution in [0.15, 0.2) is 36.4 Å². The summed E-state index contributed by atoms with van der Waals surface area (Å²) in [6.07, 6.45) is 0. The Hall–Kier alpha value is -2.24. The lowest BCUT2D eigenvalue weighted by atomic mass is 10.1. The van der Waals surface area contributed by atoms with E-state index in [4.69, 9.17) is 21.1 Å². The first-order valence-electron chi connectivity index (χ1n) is 8.65. The number of halogens is 1. The molecule has 1 fully saturated rings. The fourth-order valence-electron chi connectivity index (χ4n) is 3.04. The van der Waals surface area contributed by atoms with Gasteiger partial charge in [-0.15, -0.1) is 0 Å². The number of carbonyl (C=O) groups is 1. The summed E-state index contributed by atoms with van der Waals surface area (Å²) in [7, 11) is 0. The molecule has 26 heavy (non-hydrogen) atoms. The lowest BCUT2D eigenvalue weighted by Gasteiger charge is -2.30. The summed E-state index contributed by atoms with van der Waals surface area (Å²) in [4.78, 5) is 14.6. The molecule has 0 aromatic heterocycles. The van der Waals surface area contributed by atoms with Gasteiger partial charge in [0.25, 0.3) is 5.91 Å². The summed E-state index contributed by atoms with van der Waals surface area (Å²) in [5.74, 6) is 0.534. The molecule has 2 aromatic carbocycles. The maximum atomic E-state index is 12.4. The van der Waals surface area contributed by atoms with E-state index in [1.54, 1.807) is 6.07 Å². The first kappa shape index (κ1) is 18.5. The molecule has 1 amide bonds. The summed E-state index contributed by atoms with van der Waals surface area (Å²) in [5, 5.41) is 3.50. The molecule has 0 bridgehead atoms. The quantitative estimate of drug-likeness (QED) is 0.864. The highest BCUT2D eigenvalue weighted by atomic mass is 35.5. The number of nitrogens with zero attached hydrogens (tertiary/aromatic N) is 1. The summed E-state index contributed by atoms with van der Waals surface area (Å²) < 4.78 is 11.1. The van der Waals surface area contributed by atoms with E-state index in [1.165, 1.54) is 0 Å². The molecule has 0 radical (unpaired) electrons. The summed E-state index contributed by atoms with van der Waals surface area (Å²) >= 11 is 6.13. The summed E-state index contributed by atoms with van der Waals surface area (Å²) in [6.45, 7) is 6.78. The van der Waals surface area contributed by atoms with Gasteiger partial charge in [0, 0.05) is 18.1 Å². The third kappa shape index (κ3) is 4.48. The minimum absolute atomic E-state index is 0.0548. The number of morpholine rings is 1. The highest BCUT2D eigenvalue weighted by molar-refractivity contribution is 6.31. The molecular weight excluding hydrogens is 352 g/mol. The molecule has 0 aliphatic carbocycles. The normalized spacial score (nSPS) is 14.2. The molecule has 2 aromatic rings. The highest BCUT2D eigenvalue weighted by Gasteiger charge is 2.17. The number of rotatable bonds is 5. The summed E-state index contributed by atoms with van der Waals surface area (Å²) in [6, 6.07) is 11.4. The highest BCUT2D eigenvalue weighted by Crippen LogP contribution is 2.30. The van der Waals surface area contributed by atoms with Crippen LogP contribution in [0.5, 0.6) is 5.75 Å². The third-order valence-corrected chi connectivity index (χ3v) is 4.58. The lowest BCUT2D eigenvalue weighted by molar-refractivity contribution is -0.118. The largest absolute Gasteiger partial charge is 0.483 e. The van der Waals surface area contributed by atoms with E-state index in [1.807, 2.05) is 44.2 Å². The molecule has 0 atom stereocenters. The Morgan fingerprint density at radius 1 is 1.19 bits per heavy atom. The van der Waals surface area contributed by atoms with E-state index in [-0.39, 0.29) is 12.5 Å². The zero-order chi connectivity index (χ0) is 18.5. The van der Waals surface area contributed by atoms with Crippen LogP contribution in [0.2, 0.25) is 5.02 Å². The molecule has 1 aliphatic rings. The van der Waals surface area contributed by atoms with Gasteiger partial charge >= 0.3 is 0 Å². The number of hydrogen-bond donors (Lipinski definition) is 1. The van der Waals surface area contributed by atoms with Gasteiger partial charge in [0.15, 0.2) is 6.61 Å². The minimum atomic E-state index is -0.218. The van der Waals surface area contributed by atoms with Crippen molar-refractivity contribution < 1.29 is 14.3 Å². The molecule has 1 heterocycles. The molecule has 0 spiro atoms. The fourth-order valence-corrected chi connectivity index (χ4v) is 3.21. The van der Waals surface area contributed by atoms with E-state index in [0.717, 1.165) is 35.7 Å². The molecule has 0 saturated carbocycles. The molecule has 3 rings (SSSR count). The van der Waals surface area contributed by atoms with Gasteiger partial charge in [0.05, 0.1) is 24.6 Å². The SMILES string of the molecule is Cc1cccc(C)c1OCC(=O)Nc1cc(Cl)ccc1N1CCOCC1. The number of aryl methyl sites for hydroxylation is 2. The van der Waals surface area contributed by atoms with Crippen LogP contribution < -0.4 is 15.0 Å². The van der Waals surface area contributed by atoms with Crippen LogP contribution in [0.4, 0.5) is 11.4 Å². The average Bonchev–Trinajstić information content (AvgIpc) is 2.62. The van der Waals surface area contributed by atoms with Crippen LogP contribution in [0, 0.1) is 13.8 Å². The second kappa shape index (κ2) is 8.43. The van der Waals surface area contributed by atoms with Crippen LogP contribution in [-0.2, 0) is 9.53 Å². The van der Waals surface area contributed by atoms with Gasteiger partial charge in [-0.1, -0.05) is 29.8 Å². The Morgan fingerprint density at radius 3 is 2.58 bits per heavy atom. The maximum absolute atomic E-state index is 12.4. The Morgan fingerprint density at radius 2 is 1.88 bits per heavy atom. The Bertz CT molecular complexity index is 768. The van der Waals surface area contributed by atoms with E-state index in [2.05, 4.69) is 10.2 Å². The first-order chi connectivity index (χ1) is 12.5. The van der Waals surface area contributed by atoms with Gasteiger partial charge in [-0.05, 0) is 43.2 Å². The van der Waals surface area contributed by atoms with Gasteiger partial charge in [0.2, 0.25) is 0 Å². The van der Waals surface area contributed by atoms with E-state index in [0.29, 0.717) is 23.9 Å². The molecule has 1 N–H and O–H groups in total. The van der Waals surface area contributed by atoms with Crippen LogP contribution in [-0.4, -0.2) is 38.8 Å². The van der Waals surface area contributed by atoms with Gasteiger partial charge in [0.1, 0.15) is 5.75 Å². The second-order valence-electron chi connectivity index (χ2n) is 6.32. The number of para-hydroxylation sites is 1. The van der Waals surface area contributed by atoms with Crippen molar-refractivity contribution in [3.05, 3.63) is 52.5 Å². The summed E-state index contributed by atoms with van der Waals surface area (Å²) in [5.41, 5.74) is 3.65. The molecule has 1 saturated heterocycles. The van der Waals surface area contributed by atoms with Crippen molar-refractivity contribution in [3.63, 3.8) is 0 Å². The van der Waals surface area contributed by atoms with Crippen LogP contribution in [0.1, 0.15) is 11.1 Å². The van der Waals surface area contributed by atoms with Crippen LogP contribution >= 0.6 is 11.6 Å². The second-order valence-corrected chi connectivity index (χ2v) is 6.76. The smallest absolute Gasteiger partial charge is 0.262 e. The van der Waals surface area contributed by atoms with Gasteiger partial charge in [-0.3, -0.25) is 4.79 Å². The predicted molar refractivity (Wildman–Crippen MR) is 105 cm³/mol. The zero-order valence-corrected chi connectivity index (χ0v) is 15.8. The van der Waals surface area contributed by atoms with Crippen LogP contribution in [0.25, 0.3) is 0 Å². The van der Waals surface area contributed by atoms with Gasteiger partial charge in [-0.2, -0.15) is 0 Å². The maximum Gasteiger partial charge on any atom is 0.262 e. The van der Waals surface area contributed by atoms with E-state index < -0.39 is 0 Å². The molecular formula is C20H23ClN2O3. The number of benzene rings is 2. The standard InChI is InChI=1S/C20H23ClN2O3/c1-14-4-3-5-15(2)20(14)26-13-19(24)22-17-12-16(21)6-7-18(17)23-8-10-25-11-9-23/h3-7,12H,8-11,13H2,1-2H3,(H,22,24). The molecule has 1 aliphatic heterocycles. The van der Waals surface area contributed by atoms with Gasteiger partial charge < -0.3 is 19.7 Å². The molecule has 138 valence electrons. The van der Waals surface area contributed by atoms with Crippen molar-refractivity contribution in [1.82, 2.24) is 0 Å². The Kier molecular flexibility index (Phi) is 6.01. The number of amides is 1. The van der Waals surface area contributed by atoms with E-state index in [9.17, 15) is 4.79 Å². The minimum Gasteiger partial charge on any atom is -0.483 e. The average molecular weight is 375 g/mol. The molecule has 5 nitrogen and oxygen atoms in total. The Balaban J connectivity index is 1.69. The van der Waals surface area contributed by atoms with Crippen molar-refractivity contribution in [2.45, 2.75) is 13.8 Å². The Labute approximate surface area is 158 Å². The number of hydrogen-bond acceptors (Lipinski definition) is 4. The lowest BCUT2D eigenvalue weighted by Crippen LogP contribution is -2.37. The number of ether oxygens (including phenoxy) is 2.